The number of carbonyl (C=O) groups excluding carboxylic acids is 2. The first-order valence-electron chi connectivity index (χ1n) is 13.4. The van der Waals surface area contributed by atoms with Gasteiger partial charge in [-0.05, 0) is 41.5 Å². The summed E-state index contributed by atoms with van der Waals surface area (Å²) in [4.78, 5) is 39.9. The van der Waals surface area contributed by atoms with Crippen LogP contribution in [0.3, 0.4) is 0 Å². The van der Waals surface area contributed by atoms with E-state index in [0.717, 1.165) is 22.3 Å². The van der Waals surface area contributed by atoms with Crippen molar-refractivity contribution < 1.29 is 24.2 Å². The SMILES string of the molecule is CCOC(=O)[C@@H](Cc1ccccc1)CN(CC(C)C)C(=O)N[C@@H](Cc1ccc(-c2ccccc2)cc1)C(=O)O. The van der Waals surface area contributed by atoms with Gasteiger partial charge in [-0.15, -0.1) is 0 Å². The van der Waals surface area contributed by atoms with Gasteiger partial charge in [0.2, 0.25) is 0 Å². The van der Waals surface area contributed by atoms with Gasteiger partial charge in [0.1, 0.15) is 6.04 Å². The Morgan fingerprint density at radius 2 is 1.36 bits per heavy atom. The number of amides is 2. The van der Waals surface area contributed by atoms with Crippen LogP contribution in [0.2, 0.25) is 0 Å². The fourth-order valence-electron chi connectivity index (χ4n) is 4.47. The lowest BCUT2D eigenvalue weighted by Gasteiger charge is -2.30. The van der Waals surface area contributed by atoms with Gasteiger partial charge in [0.15, 0.2) is 0 Å². The number of nitrogens with zero attached hydrogens (tertiary/aromatic N) is 1. The number of rotatable bonds is 13. The summed E-state index contributed by atoms with van der Waals surface area (Å²) in [5.74, 6) is -1.96. The van der Waals surface area contributed by atoms with Crippen LogP contribution in [-0.4, -0.2) is 53.7 Å². The number of esters is 1. The number of carboxylic acids is 1. The molecule has 0 heterocycles. The van der Waals surface area contributed by atoms with Crippen molar-refractivity contribution in [2.45, 2.75) is 39.7 Å². The predicted octanol–water partition coefficient (Wildman–Crippen LogP) is 5.44. The van der Waals surface area contributed by atoms with Crippen molar-refractivity contribution in [3.63, 3.8) is 0 Å². The second kappa shape index (κ2) is 14.7. The van der Waals surface area contributed by atoms with E-state index < -0.39 is 24.0 Å². The van der Waals surface area contributed by atoms with Crippen LogP contribution in [0.1, 0.15) is 31.9 Å². The number of aliphatic carboxylic acids is 1. The van der Waals surface area contributed by atoms with Crippen molar-refractivity contribution in [2.75, 3.05) is 19.7 Å². The molecular formula is C32H38N2O5. The molecule has 0 aromatic heterocycles. The van der Waals surface area contributed by atoms with Crippen molar-refractivity contribution in [1.29, 1.82) is 0 Å². The van der Waals surface area contributed by atoms with Crippen LogP contribution in [0, 0.1) is 11.8 Å². The molecule has 2 amide bonds. The second-order valence-electron chi connectivity index (χ2n) is 10.0. The van der Waals surface area contributed by atoms with Gasteiger partial charge in [0.25, 0.3) is 0 Å². The highest BCUT2D eigenvalue weighted by Crippen LogP contribution is 2.20. The molecule has 0 fully saturated rings. The van der Waals surface area contributed by atoms with Gasteiger partial charge in [-0.25, -0.2) is 9.59 Å². The van der Waals surface area contributed by atoms with Gasteiger partial charge in [-0.1, -0.05) is 98.8 Å². The third-order valence-electron chi connectivity index (χ3n) is 6.36. The second-order valence-corrected chi connectivity index (χ2v) is 10.0. The number of hydrogen-bond acceptors (Lipinski definition) is 4. The van der Waals surface area contributed by atoms with Crippen molar-refractivity contribution in [3.8, 4) is 11.1 Å². The highest BCUT2D eigenvalue weighted by molar-refractivity contribution is 5.83. The molecule has 0 bridgehead atoms. The molecule has 3 aromatic rings. The van der Waals surface area contributed by atoms with Crippen LogP contribution >= 0.6 is 0 Å². The van der Waals surface area contributed by atoms with E-state index >= 15 is 0 Å². The molecule has 2 atom stereocenters. The Hall–Kier alpha value is -4.13. The first-order chi connectivity index (χ1) is 18.8. The number of carbonyl (C=O) groups is 3. The molecule has 2 N–H and O–H groups in total. The predicted molar refractivity (Wildman–Crippen MR) is 152 cm³/mol. The summed E-state index contributed by atoms with van der Waals surface area (Å²) in [7, 11) is 0. The van der Waals surface area contributed by atoms with Gasteiger partial charge >= 0.3 is 18.0 Å². The molecule has 206 valence electrons. The summed E-state index contributed by atoms with van der Waals surface area (Å²) in [5, 5.41) is 12.6. The third kappa shape index (κ3) is 9.28. The lowest BCUT2D eigenvalue weighted by molar-refractivity contribution is -0.148. The summed E-state index contributed by atoms with van der Waals surface area (Å²) < 4.78 is 5.31. The van der Waals surface area contributed by atoms with E-state index in [0.29, 0.717) is 13.0 Å². The fraction of sp³-hybridized carbons (Fsp3) is 0.344. The van der Waals surface area contributed by atoms with E-state index in [4.69, 9.17) is 4.74 Å². The monoisotopic (exact) mass is 530 g/mol. The van der Waals surface area contributed by atoms with E-state index in [1.807, 2.05) is 98.8 Å². The van der Waals surface area contributed by atoms with E-state index in [1.165, 1.54) is 4.90 Å². The zero-order chi connectivity index (χ0) is 28.2. The average Bonchev–Trinajstić information content (AvgIpc) is 2.93. The number of urea groups is 1. The minimum absolute atomic E-state index is 0.115. The fourth-order valence-corrected chi connectivity index (χ4v) is 4.47. The molecule has 0 aliphatic carbocycles. The third-order valence-corrected chi connectivity index (χ3v) is 6.36. The van der Waals surface area contributed by atoms with Gasteiger partial charge in [-0.2, -0.15) is 0 Å². The molecule has 7 heteroatoms. The molecule has 0 aliphatic rings. The largest absolute Gasteiger partial charge is 0.480 e. The Kier molecular flexibility index (Phi) is 11.1. The summed E-state index contributed by atoms with van der Waals surface area (Å²) >= 11 is 0. The van der Waals surface area contributed by atoms with Crippen LogP contribution < -0.4 is 5.32 Å². The maximum Gasteiger partial charge on any atom is 0.326 e. The summed E-state index contributed by atoms with van der Waals surface area (Å²) in [5.41, 5.74) is 3.86. The van der Waals surface area contributed by atoms with E-state index in [-0.39, 0.29) is 31.5 Å². The lowest BCUT2D eigenvalue weighted by atomic mass is 9.98. The number of ether oxygens (including phenoxy) is 1. The van der Waals surface area contributed by atoms with E-state index in [2.05, 4.69) is 5.32 Å². The number of nitrogens with one attached hydrogen (secondary N) is 1. The molecule has 0 saturated heterocycles. The molecule has 0 radical (unpaired) electrons. The first kappa shape index (κ1) is 29.4. The van der Waals surface area contributed by atoms with Crippen LogP contribution in [0.5, 0.6) is 0 Å². The summed E-state index contributed by atoms with van der Waals surface area (Å²) in [6.45, 7) is 6.43. The number of benzene rings is 3. The summed E-state index contributed by atoms with van der Waals surface area (Å²) in [6, 6.07) is 25.5. The molecule has 0 saturated carbocycles. The molecular weight excluding hydrogens is 492 g/mol. The van der Waals surface area contributed by atoms with E-state index in [9.17, 15) is 19.5 Å². The zero-order valence-electron chi connectivity index (χ0n) is 22.9. The standard InChI is InChI=1S/C32H38N2O5/c1-4-39-31(37)28(19-24-11-7-5-8-12-24)22-34(21-23(2)3)32(38)33-29(30(35)36)20-25-15-17-27(18-16-25)26-13-9-6-10-14-26/h5-18,23,28-29H,4,19-22H2,1-3H3,(H,33,38)(H,35,36)/t28-,29-/m0/s1. The normalized spacial score (nSPS) is 12.4. The quantitative estimate of drug-likeness (QED) is 0.287. The highest BCUT2D eigenvalue weighted by Gasteiger charge is 2.29. The van der Waals surface area contributed by atoms with Crippen molar-refractivity contribution >= 4 is 18.0 Å². The minimum Gasteiger partial charge on any atom is -0.480 e. The zero-order valence-corrected chi connectivity index (χ0v) is 22.9. The lowest BCUT2D eigenvalue weighted by Crippen LogP contribution is -2.51. The van der Waals surface area contributed by atoms with Crippen LogP contribution in [-0.2, 0) is 27.2 Å². The topological polar surface area (TPSA) is 95.9 Å². The van der Waals surface area contributed by atoms with Gasteiger partial charge in [0.05, 0.1) is 12.5 Å². The van der Waals surface area contributed by atoms with Crippen LogP contribution in [0.25, 0.3) is 11.1 Å². The molecule has 3 rings (SSSR count). The van der Waals surface area contributed by atoms with Crippen molar-refractivity contribution in [2.24, 2.45) is 11.8 Å². The molecule has 39 heavy (non-hydrogen) atoms. The van der Waals surface area contributed by atoms with Gasteiger partial charge in [-0.3, -0.25) is 4.79 Å². The molecule has 0 aliphatic heterocycles. The number of hydrogen-bond donors (Lipinski definition) is 2. The molecule has 0 unspecified atom stereocenters. The molecule has 0 spiro atoms. The molecule has 3 aromatic carbocycles. The summed E-state index contributed by atoms with van der Waals surface area (Å²) in [6.07, 6.45) is 0.550. The smallest absolute Gasteiger partial charge is 0.326 e. The Morgan fingerprint density at radius 3 is 1.92 bits per heavy atom. The minimum atomic E-state index is -1.12. The Labute approximate surface area is 230 Å². The first-order valence-corrected chi connectivity index (χ1v) is 13.4. The van der Waals surface area contributed by atoms with Gasteiger partial charge in [0, 0.05) is 19.5 Å². The van der Waals surface area contributed by atoms with Crippen molar-refractivity contribution in [3.05, 3.63) is 96.1 Å². The van der Waals surface area contributed by atoms with Crippen LogP contribution in [0.15, 0.2) is 84.9 Å². The average molecular weight is 531 g/mol. The van der Waals surface area contributed by atoms with E-state index in [1.54, 1.807) is 6.92 Å². The Bertz CT molecular complexity index is 1200. The number of carboxylic acid groups (broad SMARTS) is 1. The van der Waals surface area contributed by atoms with Crippen molar-refractivity contribution in [1.82, 2.24) is 10.2 Å². The van der Waals surface area contributed by atoms with Gasteiger partial charge < -0.3 is 20.1 Å². The molecule has 7 nitrogen and oxygen atoms in total. The van der Waals surface area contributed by atoms with Crippen LogP contribution in [0.4, 0.5) is 4.79 Å². The Balaban J connectivity index is 1.73. The maximum atomic E-state index is 13.4. The maximum absolute atomic E-state index is 13.4. The Morgan fingerprint density at radius 1 is 0.795 bits per heavy atom. The highest BCUT2D eigenvalue weighted by atomic mass is 16.5.